The number of aromatic amines is 1. The van der Waals surface area contributed by atoms with Gasteiger partial charge in [0, 0.05) is 4.83 Å². The van der Waals surface area contributed by atoms with Crippen LogP contribution in [0.1, 0.15) is 49.9 Å². The summed E-state index contributed by atoms with van der Waals surface area (Å²) in [5, 5.41) is 0. The smallest absolute Gasteiger partial charge is 0.408 e. The van der Waals surface area contributed by atoms with Gasteiger partial charge in [-0.1, -0.05) is 48.7 Å². The fraction of sp³-hybridized carbons (Fsp3) is 0.533. The van der Waals surface area contributed by atoms with Crippen LogP contribution in [0.5, 0.6) is 0 Å². The molecule has 0 amide bonds. The lowest BCUT2D eigenvalue weighted by atomic mass is 9.91. The van der Waals surface area contributed by atoms with Gasteiger partial charge >= 0.3 is 5.76 Å². The first-order valence-electron chi connectivity index (χ1n) is 6.92. The Morgan fingerprint density at radius 3 is 2.58 bits per heavy atom. The van der Waals surface area contributed by atoms with E-state index in [4.69, 9.17) is 4.42 Å². The first-order chi connectivity index (χ1) is 9.15. The Morgan fingerprint density at radius 2 is 1.95 bits per heavy atom. The normalized spacial score (nSPS) is 13.3. The molecule has 19 heavy (non-hydrogen) atoms. The molecular formula is C15H20BrNO2. The Hall–Kier alpha value is -1.03. The molecule has 0 fully saturated rings. The Balaban J connectivity index is 2.28. The van der Waals surface area contributed by atoms with Crippen LogP contribution in [0.15, 0.2) is 27.4 Å². The number of rotatable bonds is 6. The number of nitrogens with one attached hydrogen (secondary N) is 1. The molecule has 1 unspecified atom stereocenters. The third-order valence-corrected chi connectivity index (χ3v) is 4.77. The van der Waals surface area contributed by atoms with Crippen LogP contribution in [0, 0.1) is 5.92 Å². The molecule has 2 aromatic rings. The lowest BCUT2D eigenvalue weighted by Gasteiger charge is -2.22. The van der Waals surface area contributed by atoms with Crippen molar-refractivity contribution in [1.29, 1.82) is 0 Å². The average Bonchev–Trinajstić information content (AvgIpc) is 2.76. The van der Waals surface area contributed by atoms with E-state index in [0.29, 0.717) is 16.3 Å². The van der Waals surface area contributed by atoms with Crippen molar-refractivity contribution in [3.8, 4) is 0 Å². The summed E-state index contributed by atoms with van der Waals surface area (Å²) in [5.41, 5.74) is 2.58. The molecule has 0 saturated heterocycles. The SMILES string of the molecule is CCCC(CCC)C(Br)c1ccc2[nH]c(=O)oc2c1. The van der Waals surface area contributed by atoms with Gasteiger partial charge in [-0.25, -0.2) is 4.79 Å². The van der Waals surface area contributed by atoms with Crippen molar-refractivity contribution in [2.24, 2.45) is 5.92 Å². The molecule has 1 N–H and O–H groups in total. The number of halogens is 1. The molecule has 104 valence electrons. The molecule has 1 atom stereocenters. The van der Waals surface area contributed by atoms with E-state index < -0.39 is 5.76 Å². The maximum atomic E-state index is 11.2. The quantitative estimate of drug-likeness (QED) is 0.777. The number of fused-ring (bicyclic) bond motifs is 1. The lowest BCUT2D eigenvalue weighted by Crippen LogP contribution is -2.07. The molecule has 1 aromatic carbocycles. The summed E-state index contributed by atoms with van der Waals surface area (Å²) in [6, 6.07) is 5.94. The number of H-pyrrole nitrogens is 1. The fourth-order valence-corrected chi connectivity index (χ4v) is 3.40. The predicted octanol–water partition coefficient (Wildman–Crippen LogP) is 4.77. The van der Waals surface area contributed by atoms with E-state index in [2.05, 4.69) is 40.8 Å². The zero-order valence-electron chi connectivity index (χ0n) is 11.4. The highest BCUT2D eigenvalue weighted by molar-refractivity contribution is 9.09. The minimum absolute atomic E-state index is 0.317. The van der Waals surface area contributed by atoms with E-state index in [1.54, 1.807) is 0 Å². The van der Waals surface area contributed by atoms with Crippen molar-refractivity contribution in [2.75, 3.05) is 0 Å². The van der Waals surface area contributed by atoms with Gasteiger partial charge in [0.2, 0.25) is 0 Å². The Labute approximate surface area is 121 Å². The molecule has 1 heterocycles. The second-order valence-electron chi connectivity index (χ2n) is 5.01. The average molecular weight is 326 g/mol. The van der Waals surface area contributed by atoms with E-state index in [0.717, 1.165) is 5.52 Å². The third kappa shape index (κ3) is 3.30. The highest BCUT2D eigenvalue weighted by Gasteiger charge is 2.20. The number of oxazole rings is 1. The zero-order valence-corrected chi connectivity index (χ0v) is 13.0. The van der Waals surface area contributed by atoms with Crippen molar-refractivity contribution >= 4 is 27.0 Å². The standard InChI is InChI=1S/C15H20BrNO2/c1-3-5-10(6-4-2)14(16)11-7-8-12-13(9-11)19-15(18)17-12/h7-10,14H,3-6H2,1-2H3,(H,17,18). The van der Waals surface area contributed by atoms with E-state index in [1.165, 1.54) is 31.2 Å². The van der Waals surface area contributed by atoms with Crippen molar-refractivity contribution < 1.29 is 4.42 Å². The number of hydrogen-bond donors (Lipinski definition) is 1. The fourth-order valence-electron chi connectivity index (χ4n) is 2.58. The van der Waals surface area contributed by atoms with Gasteiger partial charge in [-0.2, -0.15) is 0 Å². The van der Waals surface area contributed by atoms with Crippen LogP contribution in [0.4, 0.5) is 0 Å². The molecule has 0 saturated carbocycles. The van der Waals surface area contributed by atoms with Crippen LogP contribution in [-0.4, -0.2) is 4.98 Å². The largest absolute Gasteiger partial charge is 0.417 e. The number of hydrogen-bond acceptors (Lipinski definition) is 2. The molecule has 2 rings (SSSR count). The van der Waals surface area contributed by atoms with Crippen LogP contribution < -0.4 is 5.76 Å². The Bertz CT molecular complexity index is 581. The maximum Gasteiger partial charge on any atom is 0.417 e. The molecule has 0 spiro atoms. The highest BCUT2D eigenvalue weighted by Crippen LogP contribution is 2.37. The van der Waals surface area contributed by atoms with E-state index >= 15 is 0 Å². The van der Waals surface area contributed by atoms with Gasteiger partial charge in [-0.3, -0.25) is 4.98 Å². The second kappa shape index (κ2) is 6.42. The minimum Gasteiger partial charge on any atom is -0.408 e. The number of alkyl halides is 1. The van der Waals surface area contributed by atoms with Crippen molar-refractivity contribution in [1.82, 2.24) is 4.98 Å². The van der Waals surface area contributed by atoms with Gasteiger partial charge in [-0.15, -0.1) is 0 Å². The molecule has 4 heteroatoms. The van der Waals surface area contributed by atoms with Crippen LogP contribution in [0.25, 0.3) is 11.1 Å². The second-order valence-corrected chi connectivity index (χ2v) is 6.00. The molecule has 0 aliphatic heterocycles. The van der Waals surface area contributed by atoms with Gasteiger partial charge in [0.05, 0.1) is 5.52 Å². The van der Waals surface area contributed by atoms with Crippen molar-refractivity contribution in [3.05, 3.63) is 34.3 Å². The molecule has 1 aromatic heterocycles. The Morgan fingerprint density at radius 1 is 1.26 bits per heavy atom. The molecule has 0 aliphatic carbocycles. The monoisotopic (exact) mass is 325 g/mol. The van der Waals surface area contributed by atoms with E-state index in [9.17, 15) is 4.79 Å². The van der Waals surface area contributed by atoms with Crippen LogP contribution in [-0.2, 0) is 0 Å². The van der Waals surface area contributed by atoms with Crippen molar-refractivity contribution in [2.45, 2.75) is 44.4 Å². The van der Waals surface area contributed by atoms with E-state index in [1.807, 2.05) is 12.1 Å². The molecular weight excluding hydrogens is 306 g/mol. The van der Waals surface area contributed by atoms with Crippen LogP contribution in [0.3, 0.4) is 0 Å². The third-order valence-electron chi connectivity index (χ3n) is 3.50. The number of benzene rings is 1. The summed E-state index contributed by atoms with van der Waals surface area (Å²) in [5.74, 6) is 0.232. The summed E-state index contributed by atoms with van der Waals surface area (Å²) in [4.78, 5) is 14.2. The van der Waals surface area contributed by atoms with Crippen LogP contribution in [0.2, 0.25) is 0 Å². The van der Waals surface area contributed by atoms with Gasteiger partial charge in [-0.05, 0) is 36.5 Å². The highest BCUT2D eigenvalue weighted by atomic mass is 79.9. The molecule has 0 aliphatic rings. The van der Waals surface area contributed by atoms with Gasteiger partial charge < -0.3 is 4.42 Å². The summed E-state index contributed by atoms with van der Waals surface area (Å²) >= 11 is 3.82. The van der Waals surface area contributed by atoms with Crippen molar-refractivity contribution in [3.63, 3.8) is 0 Å². The summed E-state index contributed by atoms with van der Waals surface area (Å²) < 4.78 is 5.13. The zero-order chi connectivity index (χ0) is 13.8. The maximum absolute atomic E-state index is 11.2. The number of aromatic nitrogens is 1. The molecule has 0 radical (unpaired) electrons. The lowest BCUT2D eigenvalue weighted by molar-refractivity contribution is 0.435. The molecule has 0 bridgehead atoms. The first-order valence-corrected chi connectivity index (χ1v) is 7.84. The first kappa shape index (κ1) is 14.4. The van der Waals surface area contributed by atoms with Crippen LogP contribution >= 0.6 is 15.9 Å². The van der Waals surface area contributed by atoms with Gasteiger partial charge in [0.1, 0.15) is 0 Å². The summed E-state index contributed by atoms with van der Waals surface area (Å²) in [7, 11) is 0. The van der Waals surface area contributed by atoms with Gasteiger partial charge in [0.25, 0.3) is 0 Å². The Kier molecular flexibility index (Phi) is 4.86. The minimum atomic E-state index is -0.392. The summed E-state index contributed by atoms with van der Waals surface area (Å²) in [6.45, 7) is 4.44. The van der Waals surface area contributed by atoms with Gasteiger partial charge in [0.15, 0.2) is 5.58 Å². The predicted molar refractivity (Wildman–Crippen MR) is 81.8 cm³/mol. The topological polar surface area (TPSA) is 46.0 Å². The van der Waals surface area contributed by atoms with E-state index in [-0.39, 0.29) is 0 Å². The summed E-state index contributed by atoms with van der Waals surface area (Å²) in [6.07, 6.45) is 4.79. The molecule has 3 nitrogen and oxygen atoms in total.